The molecule has 1 aromatic carbocycles. The molecule has 0 bridgehead atoms. The number of benzene rings is 1. The summed E-state index contributed by atoms with van der Waals surface area (Å²) in [5.41, 5.74) is 3.21. The van der Waals surface area contributed by atoms with Crippen molar-refractivity contribution >= 4 is 50.1 Å². The van der Waals surface area contributed by atoms with Crippen LogP contribution in [0.2, 0.25) is 5.02 Å². The van der Waals surface area contributed by atoms with Gasteiger partial charge >= 0.3 is 6.09 Å². The first kappa shape index (κ1) is 22.7. The number of sulfone groups is 1. The normalized spacial score (nSPS) is 20.4. The molecule has 1 amide bonds. The number of rotatable bonds is 4. The number of nitrogens with one attached hydrogen (secondary N) is 2. The van der Waals surface area contributed by atoms with Crippen molar-refractivity contribution in [1.82, 2.24) is 19.9 Å². The summed E-state index contributed by atoms with van der Waals surface area (Å²) in [5, 5.41) is 13.9. The Bertz CT molecular complexity index is 1330. The Labute approximate surface area is 201 Å². The van der Waals surface area contributed by atoms with E-state index in [1.807, 2.05) is 24.4 Å². The summed E-state index contributed by atoms with van der Waals surface area (Å²) < 4.78 is 23.7. The van der Waals surface area contributed by atoms with E-state index in [0.717, 1.165) is 35.0 Å². The van der Waals surface area contributed by atoms with Crippen molar-refractivity contribution in [2.75, 3.05) is 47.9 Å². The predicted molar refractivity (Wildman–Crippen MR) is 131 cm³/mol. The monoisotopic (exact) mass is 504 g/mol. The third-order valence-electron chi connectivity index (χ3n) is 6.40. The number of hydrogen-bond acceptors (Lipinski definition) is 7. The minimum atomic E-state index is -2.97. The summed E-state index contributed by atoms with van der Waals surface area (Å²) in [6.07, 6.45) is 4.06. The Hall–Kier alpha value is -3.05. The molecule has 12 heteroatoms. The second-order valence-corrected chi connectivity index (χ2v) is 11.4. The average molecular weight is 505 g/mol. The largest absolute Gasteiger partial charge is 0.465 e. The molecule has 3 aromatic rings. The lowest BCUT2D eigenvalue weighted by molar-refractivity contribution is 0.132. The number of aromatic amines is 1. The predicted octanol–water partition coefficient (Wildman–Crippen LogP) is 3.07. The second-order valence-electron chi connectivity index (χ2n) is 8.64. The van der Waals surface area contributed by atoms with Crippen LogP contribution in [0.15, 0.2) is 30.6 Å². The molecule has 34 heavy (non-hydrogen) atoms. The summed E-state index contributed by atoms with van der Waals surface area (Å²) in [4.78, 5) is 27.1. The van der Waals surface area contributed by atoms with Gasteiger partial charge in [-0.25, -0.2) is 23.2 Å². The number of halogens is 1. The Morgan fingerprint density at radius 1 is 1.24 bits per heavy atom. The summed E-state index contributed by atoms with van der Waals surface area (Å²) in [5.74, 6) is 0.678. The van der Waals surface area contributed by atoms with Crippen LogP contribution in [0.25, 0.3) is 22.2 Å². The van der Waals surface area contributed by atoms with Crippen LogP contribution in [0.3, 0.4) is 0 Å². The van der Waals surface area contributed by atoms with E-state index < -0.39 is 15.9 Å². The van der Waals surface area contributed by atoms with E-state index in [1.54, 1.807) is 6.20 Å². The van der Waals surface area contributed by atoms with Gasteiger partial charge in [-0.2, -0.15) is 0 Å². The SMILES string of the molecule is O=C(O)N1CCC[C@H](Nc2ncc(Cl)c(-c3c[nH]c4c(N5CCS(=O)(=O)CC5)cccc34)n2)C1. The number of carboxylic acid groups (broad SMARTS) is 1. The van der Waals surface area contributed by atoms with Crippen LogP contribution in [-0.4, -0.2) is 83.2 Å². The Balaban J connectivity index is 1.43. The number of para-hydroxylation sites is 1. The molecular weight excluding hydrogens is 480 g/mol. The second kappa shape index (κ2) is 8.95. The number of nitrogens with zero attached hydrogens (tertiary/aromatic N) is 4. The van der Waals surface area contributed by atoms with Gasteiger partial charge in [0.2, 0.25) is 5.95 Å². The smallest absolute Gasteiger partial charge is 0.407 e. The van der Waals surface area contributed by atoms with E-state index in [-0.39, 0.29) is 17.5 Å². The van der Waals surface area contributed by atoms with Gasteiger partial charge in [0, 0.05) is 49.4 Å². The maximum absolute atomic E-state index is 11.8. The Morgan fingerprint density at radius 2 is 2.03 bits per heavy atom. The van der Waals surface area contributed by atoms with Gasteiger partial charge in [0.15, 0.2) is 9.84 Å². The van der Waals surface area contributed by atoms with E-state index in [1.165, 1.54) is 4.90 Å². The molecule has 2 saturated heterocycles. The fraction of sp³-hybridized carbons (Fsp3) is 0.409. The first-order chi connectivity index (χ1) is 16.3. The lowest BCUT2D eigenvalue weighted by Crippen LogP contribution is -2.44. The molecule has 3 N–H and O–H groups in total. The highest BCUT2D eigenvalue weighted by Gasteiger charge is 2.25. The minimum Gasteiger partial charge on any atom is -0.465 e. The number of likely N-dealkylation sites (tertiary alicyclic amines) is 1. The molecule has 0 radical (unpaired) electrons. The van der Waals surface area contributed by atoms with E-state index in [0.29, 0.717) is 42.8 Å². The van der Waals surface area contributed by atoms with Crippen molar-refractivity contribution < 1.29 is 18.3 Å². The number of piperidine rings is 1. The van der Waals surface area contributed by atoms with E-state index in [9.17, 15) is 18.3 Å². The summed E-state index contributed by atoms with van der Waals surface area (Å²) in [7, 11) is -2.97. The summed E-state index contributed by atoms with van der Waals surface area (Å²) >= 11 is 6.49. The zero-order valence-corrected chi connectivity index (χ0v) is 19.9. The first-order valence-electron chi connectivity index (χ1n) is 11.1. The van der Waals surface area contributed by atoms with Gasteiger partial charge in [0.25, 0.3) is 0 Å². The van der Waals surface area contributed by atoms with Crippen LogP contribution >= 0.6 is 11.6 Å². The lowest BCUT2D eigenvalue weighted by Gasteiger charge is -2.31. The zero-order valence-electron chi connectivity index (χ0n) is 18.4. The highest BCUT2D eigenvalue weighted by molar-refractivity contribution is 7.91. The van der Waals surface area contributed by atoms with Crippen LogP contribution in [0.4, 0.5) is 16.4 Å². The standard InChI is InChI=1S/C22H25ClN6O4S/c23-17-12-25-21(26-14-3-2-6-29(13-14)22(30)31)27-19(17)16-11-24-20-15(16)4-1-5-18(20)28-7-9-34(32,33)10-8-28/h1,4-5,11-12,14,24H,2-3,6-10,13H2,(H,30,31)(H,25,26,27)/t14-/m0/s1. The lowest BCUT2D eigenvalue weighted by atomic mass is 10.1. The Kier molecular flexibility index (Phi) is 5.98. The molecule has 0 unspecified atom stereocenters. The van der Waals surface area contributed by atoms with E-state index >= 15 is 0 Å². The number of anilines is 2. The molecule has 2 aliphatic heterocycles. The number of aromatic nitrogens is 3. The highest BCUT2D eigenvalue weighted by Crippen LogP contribution is 2.36. The molecule has 0 aliphatic carbocycles. The van der Waals surface area contributed by atoms with Crippen molar-refractivity contribution in [3.8, 4) is 11.3 Å². The fourth-order valence-electron chi connectivity index (χ4n) is 4.63. The summed E-state index contributed by atoms with van der Waals surface area (Å²) in [6, 6.07) is 5.81. The first-order valence-corrected chi connectivity index (χ1v) is 13.3. The van der Waals surface area contributed by atoms with E-state index in [2.05, 4.69) is 25.2 Å². The van der Waals surface area contributed by atoms with Gasteiger partial charge in [-0.1, -0.05) is 23.7 Å². The molecule has 2 aromatic heterocycles. The van der Waals surface area contributed by atoms with Crippen molar-refractivity contribution in [1.29, 1.82) is 0 Å². The number of H-pyrrole nitrogens is 1. The van der Waals surface area contributed by atoms with Crippen molar-refractivity contribution in [3.05, 3.63) is 35.6 Å². The topological polar surface area (TPSA) is 132 Å². The van der Waals surface area contributed by atoms with Gasteiger partial charge in [0.05, 0.1) is 39.6 Å². The van der Waals surface area contributed by atoms with Crippen LogP contribution in [0.1, 0.15) is 12.8 Å². The number of amides is 1. The molecule has 2 fully saturated rings. The molecule has 4 heterocycles. The van der Waals surface area contributed by atoms with Crippen LogP contribution in [0, 0.1) is 0 Å². The molecule has 0 spiro atoms. The van der Waals surface area contributed by atoms with Gasteiger partial charge in [-0.05, 0) is 18.9 Å². The van der Waals surface area contributed by atoms with Crippen molar-refractivity contribution in [3.63, 3.8) is 0 Å². The van der Waals surface area contributed by atoms with Gasteiger partial charge in [-0.3, -0.25) is 0 Å². The van der Waals surface area contributed by atoms with Gasteiger partial charge in [0.1, 0.15) is 0 Å². The molecule has 0 saturated carbocycles. The molecule has 180 valence electrons. The zero-order chi connectivity index (χ0) is 23.9. The third-order valence-corrected chi connectivity index (χ3v) is 8.29. The van der Waals surface area contributed by atoms with Gasteiger partial charge in [-0.15, -0.1) is 0 Å². The molecular formula is C22H25ClN6O4S. The number of fused-ring (bicyclic) bond motifs is 1. The number of carbonyl (C=O) groups is 1. The van der Waals surface area contributed by atoms with E-state index in [4.69, 9.17) is 11.6 Å². The maximum atomic E-state index is 11.8. The van der Waals surface area contributed by atoms with Crippen molar-refractivity contribution in [2.24, 2.45) is 0 Å². The van der Waals surface area contributed by atoms with Crippen molar-refractivity contribution in [2.45, 2.75) is 18.9 Å². The average Bonchev–Trinajstić information content (AvgIpc) is 3.25. The fourth-order valence-corrected chi connectivity index (χ4v) is 6.02. The third kappa shape index (κ3) is 4.49. The van der Waals surface area contributed by atoms with Gasteiger partial charge < -0.3 is 25.2 Å². The Morgan fingerprint density at radius 3 is 2.79 bits per heavy atom. The molecule has 5 rings (SSSR count). The minimum absolute atomic E-state index is 0.0798. The quantitative estimate of drug-likeness (QED) is 0.494. The molecule has 2 aliphatic rings. The van der Waals surface area contributed by atoms with Crippen LogP contribution in [-0.2, 0) is 9.84 Å². The summed E-state index contributed by atoms with van der Waals surface area (Å²) in [6.45, 7) is 1.80. The molecule has 1 atom stereocenters. The highest BCUT2D eigenvalue weighted by atomic mass is 35.5. The maximum Gasteiger partial charge on any atom is 0.407 e. The number of hydrogen-bond donors (Lipinski definition) is 3. The van der Waals surface area contributed by atoms with Crippen LogP contribution < -0.4 is 10.2 Å². The van der Waals surface area contributed by atoms with Crippen LogP contribution in [0.5, 0.6) is 0 Å². The molecule has 10 nitrogen and oxygen atoms in total.